The Morgan fingerprint density at radius 3 is 2.87 bits per heavy atom. The van der Waals surface area contributed by atoms with Gasteiger partial charge in [0.05, 0.1) is 18.4 Å². The Morgan fingerprint density at radius 1 is 1.40 bits per heavy atom. The number of hydrogen-bond donors (Lipinski definition) is 1. The van der Waals surface area contributed by atoms with E-state index in [0.29, 0.717) is 17.9 Å². The van der Waals surface area contributed by atoms with Crippen LogP contribution in [0.5, 0.6) is 0 Å². The minimum atomic E-state index is -0.216. The summed E-state index contributed by atoms with van der Waals surface area (Å²) in [6.07, 6.45) is 5.87. The fraction of sp³-hybridized carbons (Fsp3) is 0.100. The monoisotopic (exact) mass is 203 g/mol. The van der Waals surface area contributed by atoms with Crippen molar-refractivity contribution < 1.29 is 9.21 Å². The molecule has 2 rings (SSSR count). The van der Waals surface area contributed by atoms with Gasteiger partial charge in [-0.15, -0.1) is 0 Å². The van der Waals surface area contributed by atoms with Crippen LogP contribution in [0.4, 0.5) is 0 Å². The number of furan rings is 1. The summed E-state index contributed by atoms with van der Waals surface area (Å²) < 4.78 is 5.07. The lowest BCUT2D eigenvalue weighted by atomic mass is 10.3. The number of hydrogen-bond acceptors (Lipinski definition) is 4. The highest BCUT2D eigenvalue weighted by molar-refractivity contribution is 5.93. The number of nitrogens with one attached hydrogen (secondary N) is 1. The Bertz CT molecular complexity index is 425. The number of rotatable bonds is 3. The zero-order chi connectivity index (χ0) is 10.5. The summed E-state index contributed by atoms with van der Waals surface area (Å²) in [5, 5.41) is 2.69. The lowest BCUT2D eigenvalue weighted by molar-refractivity contribution is 0.0947. The third-order valence-electron chi connectivity index (χ3n) is 1.83. The molecule has 0 bridgehead atoms. The van der Waals surface area contributed by atoms with Crippen molar-refractivity contribution in [1.29, 1.82) is 0 Å². The van der Waals surface area contributed by atoms with Crippen molar-refractivity contribution in [2.45, 2.75) is 6.54 Å². The highest BCUT2D eigenvalue weighted by atomic mass is 16.3. The molecule has 0 unspecified atom stereocenters. The van der Waals surface area contributed by atoms with E-state index in [1.165, 1.54) is 18.7 Å². The van der Waals surface area contributed by atoms with E-state index in [1.54, 1.807) is 18.4 Å². The maximum absolute atomic E-state index is 11.5. The number of nitrogens with zero attached hydrogens (tertiary/aromatic N) is 2. The molecule has 2 aromatic rings. The third kappa shape index (κ3) is 2.40. The molecule has 0 aliphatic heterocycles. The molecule has 2 aromatic heterocycles. The minimum absolute atomic E-state index is 0.216. The predicted molar refractivity (Wildman–Crippen MR) is 51.9 cm³/mol. The summed E-state index contributed by atoms with van der Waals surface area (Å²) in [5.41, 5.74) is 0.434. The van der Waals surface area contributed by atoms with E-state index in [-0.39, 0.29) is 5.91 Å². The molecule has 2 heterocycles. The van der Waals surface area contributed by atoms with Crippen LogP contribution >= 0.6 is 0 Å². The second-order valence-corrected chi connectivity index (χ2v) is 2.89. The van der Waals surface area contributed by atoms with E-state index < -0.39 is 0 Å². The van der Waals surface area contributed by atoms with Crippen LogP contribution in [0, 0.1) is 0 Å². The quantitative estimate of drug-likeness (QED) is 0.808. The lowest BCUT2D eigenvalue weighted by Gasteiger charge is -2.01. The molecule has 0 saturated carbocycles. The van der Waals surface area contributed by atoms with Gasteiger partial charge >= 0.3 is 0 Å². The van der Waals surface area contributed by atoms with Gasteiger partial charge in [0.15, 0.2) is 0 Å². The van der Waals surface area contributed by atoms with Gasteiger partial charge in [-0.3, -0.25) is 4.79 Å². The fourth-order valence-corrected chi connectivity index (χ4v) is 1.10. The Balaban J connectivity index is 1.94. The Kier molecular flexibility index (Phi) is 2.73. The molecule has 0 atom stereocenters. The summed E-state index contributed by atoms with van der Waals surface area (Å²) in [7, 11) is 0. The second-order valence-electron chi connectivity index (χ2n) is 2.89. The van der Waals surface area contributed by atoms with Crippen LogP contribution in [0.15, 0.2) is 41.5 Å². The zero-order valence-electron chi connectivity index (χ0n) is 7.88. The first kappa shape index (κ1) is 9.39. The standard InChI is InChI=1S/C10H9N3O2/c14-10(8-4-11-7-12-5-8)13-6-9-2-1-3-15-9/h1-5,7H,6H2,(H,13,14). The van der Waals surface area contributed by atoms with Crippen LogP contribution in [0.25, 0.3) is 0 Å². The molecule has 0 fully saturated rings. The van der Waals surface area contributed by atoms with Crippen LogP contribution < -0.4 is 5.32 Å². The van der Waals surface area contributed by atoms with Gasteiger partial charge in [-0.2, -0.15) is 0 Å². The van der Waals surface area contributed by atoms with Crippen molar-refractivity contribution in [3.05, 3.63) is 48.4 Å². The van der Waals surface area contributed by atoms with Crippen molar-refractivity contribution in [1.82, 2.24) is 15.3 Å². The van der Waals surface area contributed by atoms with Crippen LogP contribution in [0.2, 0.25) is 0 Å². The normalized spacial score (nSPS) is 9.87. The average Bonchev–Trinajstić information content (AvgIpc) is 2.80. The Labute approximate surface area is 86.2 Å². The Hall–Kier alpha value is -2.17. The zero-order valence-corrected chi connectivity index (χ0v) is 7.88. The molecule has 0 spiro atoms. The SMILES string of the molecule is O=C(NCc1ccco1)c1cncnc1. The molecule has 0 aromatic carbocycles. The smallest absolute Gasteiger partial charge is 0.254 e. The first-order valence-corrected chi connectivity index (χ1v) is 4.42. The first-order valence-electron chi connectivity index (χ1n) is 4.42. The molecule has 0 saturated heterocycles. The largest absolute Gasteiger partial charge is 0.467 e. The van der Waals surface area contributed by atoms with Crippen molar-refractivity contribution in [2.24, 2.45) is 0 Å². The van der Waals surface area contributed by atoms with E-state index >= 15 is 0 Å². The molecular weight excluding hydrogens is 194 g/mol. The van der Waals surface area contributed by atoms with Crippen molar-refractivity contribution >= 4 is 5.91 Å². The lowest BCUT2D eigenvalue weighted by Crippen LogP contribution is -2.22. The minimum Gasteiger partial charge on any atom is -0.467 e. The highest BCUT2D eigenvalue weighted by Gasteiger charge is 2.05. The molecule has 15 heavy (non-hydrogen) atoms. The van der Waals surface area contributed by atoms with Gasteiger partial charge in [-0.05, 0) is 12.1 Å². The summed E-state index contributed by atoms with van der Waals surface area (Å²) in [5.74, 6) is 0.493. The number of carbonyl (C=O) groups excluding carboxylic acids is 1. The van der Waals surface area contributed by atoms with E-state index in [4.69, 9.17) is 4.42 Å². The molecule has 1 N–H and O–H groups in total. The molecule has 76 valence electrons. The van der Waals surface area contributed by atoms with E-state index in [2.05, 4.69) is 15.3 Å². The molecule has 1 amide bonds. The topological polar surface area (TPSA) is 68.0 Å². The Morgan fingerprint density at radius 2 is 2.20 bits per heavy atom. The summed E-state index contributed by atoms with van der Waals surface area (Å²) in [4.78, 5) is 19.0. The van der Waals surface area contributed by atoms with Gasteiger partial charge in [0.25, 0.3) is 5.91 Å². The van der Waals surface area contributed by atoms with E-state index in [1.807, 2.05) is 0 Å². The fourth-order valence-electron chi connectivity index (χ4n) is 1.10. The maximum atomic E-state index is 11.5. The van der Waals surface area contributed by atoms with Crippen molar-refractivity contribution in [2.75, 3.05) is 0 Å². The number of amides is 1. The third-order valence-corrected chi connectivity index (χ3v) is 1.83. The molecule has 5 nitrogen and oxygen atoms in total. The van der Waals surface area contributed by atoms with Crippen LogP contribution in [0.1, 0.15) is 16.1 Å². The van der Waals surface area contributed by atoms with Gasteiger partial charge in [0.1, 0.15) is 12.1 Å². The molecule has 5 heteroatoms. The van der Waals surface area contributed by atoms with Gasteiger partial charge in [-0.1, -0.05) is 0 Å². The maximum Gasteiger partial charge on any atom is 0.254 e. The van der Waals surface area contributed by atoms with Crippen molar-refractivity contribution in [3.8, 4) is 0 Å². The van der Waals surface area contributed by atoms with Crippen LogP contribution in [-0.4, -0.2) is 15.9 Å². The van der Waals surface area contributed by atoms with Crippen LogP contribution in [0.3, 0.4) is 0 Å². The molecule has 0 aliphatic rings. The van der Waals surface area contributed by atoms with Gasteiger partial charge < -0.3 is 9.73 Å². The van der Waals surface area contributed by atoms with Gasteiger partial charge in [0.2, 0.25) is 0 Å². The number of carbonyl (C=O) groups is 1. The summed E-state index contributed by atoms with van der Waals surface area (Å²) in [6, 6.07) is 3.56. The van der Waals surface area contributed by atoms with Gasteiger partial charge in [-0.25, -0.2) is 9.97 Å². The van der Waals surface area contributed by atoms with Crippen molar-refractivity contribution in [3.63, 3.8) is 0 Å². The average molecular weight is 203 g/mol. The second kappa shape index (κ2) is 4.36. The van der Waals surface area contributed by atoms with Gasteiger partial charge in [0, 0.05) is 12.4 Å². The van der Waals surface area contributed by atoms with Crippen LogP contribution in [-0.2, 0) is 6.54 Å². The summed E-state index contributed by atoms with van der Waals surface area (Å²) in [6.45, 7) is 0.362. The molecular formula is C10H9N3O2. The van der Waals surface area contributed by atoms with E-state index in [9.17, 15) is 4.79 Å². The predicted octanol–water partition coefficient (Wildman–Crippen LogP) is 1.000. The van der Waals surface area contributed by atoms with E-state index in [0.717, 1.165) is 0 Å². The molecule has 0 radical (unpaired) electrons. The first-order chi connectivity index (χ1) is 7.36. The number of aromatic nitrogens is 2. The highest BCUT2D eigenvalue weighted by Crippen LogP contribution is 2.00. The molecule has 0 aliphatic carbocycles. The summed E-state index contributed by atoms with van der Waals surface area (Å²) >= 11 is 0.